The van der Waals surface area contributed by atoms with Gasteiger partial charge in [0.1, 0.15) is 6.04 Å². The predicted molar refractivity (Wildman–Crippen MR) is 76.7 cm³/mol. The number of esters is 1. The lowest BCUT2D eigenvalue weighted by molar-refractivity contribution is -0.179. The highest BCUT2D eigenvalue weighted by Gasteiger charge is 2.45. The molecule has 21 heavy (non-hydrogen) atoms. The van der Waals surface area contributed by atoms with E-state index in [2.05, 4.69) is 6.92 Å². The molecule has 0 aromatic rings. The van der Waals surface area contributed by atoms with E-state index in [0.29, 0.717) is 6.42 Å². The minimum Gasteiger partial charge on any atom is -0.463 e. The Morgan fingerprint density at radius 1 is 1.10 bits per heavy atom. The molecule has 2 N–H and O–H groups in total. The molecule has 0 spiro atoms. The molecule has 0 aromatic heterocycles. The first-order valence-corrected chi connectivity index (χ1v) is 7.72. The number of rotatable bonds is 10. The SMILES string of the molecule is CCCCCCCC[C@H](C(=O)OC(C)C)[C@H](N)C(F)(F)F. The van der Waals surface area contributed by atoms with Crippen LogP contribution in [0.5, 0.6) is 0 Å². The molecule has 0 rings (SSSR count). The summed E-state index contributed by atoms with van der Waals surface area (Å²) in [4.78, 5) is 11.8. The maximum absolute atomic E-state index is 12.7. The number of hydrogen-bond acceptors (Lipinski definition) is 3. The van der Waals surface area contributed by atoms with Gasteiger partial charge in [-0.25, -0.2) is 0 Å². The Balaban J connectivity index is 4.42. The van der Waals surface area contributed by atoms with Gasteiger partial charge in [-0.1, -0.05) is 45.4 Å². The van der Waals surface area contributed by atoms with Gasteiger partial charge in [-0.15, -0.1) is 0 Å². The Labute approximate surface area is 125 Å². The Bertz CT molecular complexity index is 293. The van der Waals surface area contributed by atoms with Crippen molar-refractivity contribution in [3.8, 4) is 0 Å². The number of alkyl halides is 3. The molecule has 6 heteroatoms. The van der Waals surface area contributed by atoms with E-state index in [1.807, 2.05) is 0 Å². The highest BCUT2D eigenvalue weighted by molar-refractivity contribution is 5.73. The van der Waals surface area contributed by atoms with Gasteiger partial charge in [0.2, 0.25) is 0 Å². The quantitative estimate of drug-likeness (QED) is 0.486. The first-order valence-electron chi connectivity index (χ1n) is 7.72. The van der Waals surface area contributed by atoms with Crippen molar-refractivity contribution in [3.05, 3.63) is 0 Å². The lowest BCUT2D eigenvalue weighted by Gasteiger charge is -2.25. The zero-order chi connectivity index (χ0) is 16.5. The van der Waals surface area contributed by atoms with Crippen molar-refractivity contribution >= 4 is 5.97 Å². The first-order chi connectivity index (χ1) is 9.70. The van der Waals surface area contributed by atoms with E-state index in [-0.39, 0.29) is 6.42 Å². The second-order valence-corrected chi connectivity index (χ2v) is 5.72. The fourth-order valence-corrected chi connectivity index (χ4v) is 2.14. The van der Waals surface area contributed by atoms with Crippen LogP contribution in [0.1, 0.15) is 65.7 Å². The lowest BCUT2D eigenvalue weighted by atomic mass is 9.93. The van der Waals surface area contributed by atoms with Crippen molar-refractivity contribution < 1.29 is 22.7 Å². The third-order valence-electron chi connectivity index (χ3n) is 3.33. The van der Waals surface area contributed by atoms with Crippen LogP contribution in [0.25, 0.3) is 0 Å². The monoisotopic (exact) mass is 311 g/mol. The molecule has 3 nitrogen and oxygen atoms in total. The van der Waals surface area contributed by atoms with Gasteiger partial charge < -0.3 is 10.5 Å². The van der Waals surface area contributed by atoms with Gasteiger partial charge in [0.15, 0.2) is 0 Å². The molecule has 2 atom stereocenters. The highest BCUT2D eigenvalue weighted by Crippen LogP contribution is 2.28. The van der Waals surface area contributed by atoms with Crippen LogP contribution in [0, 0.1) is 5.92 Å². The van der Waals surface area contributed by atoms with E-state index in [9.17, 15) is 18.0 Å². The molecule has 126 valence electrons. The molecular weight excluding hydrogens is 283 g/mol. The van der Waals surface area contributed by atoms with E-state index in [1.165, 1.54) is 0 Å². The Kier molecular flexibility index (Phi) is 9.66. The number of unbranched alkanes of at least 4 members (excludes halogenated alkanes) is 5. The normalized spacial score (nSPS) is 15.0. The largest absolute Gasteiger partial charge is 0.463 e. The molecule has 0 aliphatic heterocycles. The van der Waals surface area contributed by atoms with Crippen LogP contribution in [0.3, 0.4) is 0 Å². The number of nitrogens with two attached hydrogens (primary N) is 1. The zero-order valence-electron chi connectivity index (χ0n) is 13.2. The highest BCUT2D eigenvalue weighted by atomic mass is 19.4. The summed E-state index contributed by atoms with van der Waals surface area (Å²) in [6.07, 6.45) is 0.764. The van der Waals surface area contributed by atoms with E-state index in [0.717, 1.165) is 32.1 Å². The summed E-state index contributed by atoms with van der Waals surface area (Å²) in [5.74, 6) is -2.15. The van der Waals surface area contributed by atoms with Crippen LogP contribution < -0.4 is 5.73 Å². The van der Waals surface area contributed by atoms with Crippen LogP contribution in [0.15, 0.2) is 0 Å². The summed E-state index contributed by atoms with van der Waals surface area (Å²) in [7, 11) is 0. The number of ether oxygens (including phenoxy) is 1. The van der Waals surface area contributed by atoms with Gasteiger partial charge in [0.05, 0.1) is 12.0 Å². The Hall–Kier alpha value is -0.780. The van der Waals surface area contributed by atoms with Gasteiger partial charge in [-0.05, 0) is 20.3 Å². The van der Waals surface area contributed by atoms with Crippen LogP contribution >= 0.6 is 0 Å². The molecule has 0 radical (unpaired) electrons. The van der Waals surface area contributed by atoms with Crippen molar-refractivity contribution in [1.29, 1.82) is 0 Å². The minimum atomic E-state index is -4.58. The van der Waals surface area contributed by atoms with Crippen LogP contribution in [-0.2, 0) is 9.53 Å². The van der Waals surface area contributed by atoms with Gasteiger partial charge in [0.25, 0.3) is 0 Å². The zero-order valence-corrected chi connectivity index (χ0v) is 13.2. The number of hydrogen-bond donors (Lipinski definition) is 1. The molecule has 0 aliphatic carbocycles. The van der Waals surface area contributed by atoms with Gasteiger partial charge in [0, 0.05) is 0 Å². The molecule has 0 aliphatic rings. The Morgan fingerprint density at radius 3 is 2.10 bits per heavy atom. The van der Waals surface area contributed by atoms with Crippen LogP contribution in [0.4, 0.5) is 13.2 Å². The lowest BCUT2D eigenvalue weighted by Crippen LogP contribution is -2.47. The smallest absolute Gasteiger partial charge is 0.404 e. The molecule has 0 fully saturated rings. The molecule has 0 amide bonds. The molecule has 0 aromatic carbocycles. The fourth-order valence-electron chi connectivity index (χ4n) is 2.14. The maximum atomic E-state index is 12.7. The molecule has 0 saturated heterocycles. The first kappa shape index (κ1) is 20.2. The van der Waals surface area contributed by atoms with E-state index in [4.69, 9.17) is 10.5 Å². The van der Waals surface area contributed by atoms with Crippen molar-refractivity contribution in [2.24, 2.45) is 11.7 Å². The average Bonchev–Trinajstić information content (AvgIpc) is 2.35. The van der Waals surface area contributed by atoms with E-state index in [1.54, 1.807) is 13.8 Å². The summed E-state index contributed by atoms with van der Waals surface area (Å²) in [5.41, 5.74) is 5.21. The third kappa shape index (κ3) is 8.96. The minimum absolute atomic E-state index is 0.123. The number of carbonyl (C=O) groups excluding carboxylic acids is 1. The molecule has 0 bridgehead atoms. The van der Waals surface area contributed by atoms with Crippen LogP contribution in [-0.4, -0.2) is 24.3 Å². The predicted octanol–water partition coefficient (Wildman–Crippen LogP) is 4.19. The summed E-state index contributed by atoms with van der Waals surface area (Å²) in [5, 5.41) is 0. The summed E-state index contributed by atoms with van der Waals surface area (Å²) >= 11 is 0. The van der Waals surface area contributed by atoms with Crippen molar-refractivity contribution in [1.82, 2.24) is 0 Å². The van der Waals surface area contributed by atoms with Crippen molar-refractivity contribution in [2.75, 3.05) is 0 Å². The van der Waals surface area contributed by atoms with Gasteiger partial charge >= 0.3 is 12.1 Å². The van der Waals surface area contributed by atoms with Crippen molar-refractivity contribution in [3.63, 3.8) is 0 Å². The van der Waals surface area contributed by atoms with E-state index < -0.39 is 30.2 Å². The average molecular weight is 311 g/mol. The third-order valence-corrected chi connectivity index (χ3v) is 3.33. The summed E-state index contributed by atoms with van der Waals surface area (Å²) in [6, 6.07) is -2.15. The summed E-state index contributed by atoms with van der Waals surface area (Å²) in [6.45, 7) is 5.32. The van der Waals surface area contributed by atoms with Crippen LogP contribution in [0.2, 0.25) is 0 Å². The second-order valence-electron chi connectivity index (χ2n) is 5.72. The maximum Gasteiger partial charge on any atom is 0.404 e. The molecule has 0 heterocycles. The molecule has 0 unspecified atom stereocenters. The number of halogens is 3. The summed E-state index contributed by atoms with van der Waals surface area (Å²) < 4.78 is 43.1. The van der Waals surface area contributed by atoms with Gasteiger partial charge in [-0.2, -0.15) is 13.2 Å². The molecular formula is C15H28F3NO2. The second kappa shape index (κ2) is 10.0. The Morgan fingerprint density at radius 2 is 1.62 bits per heavy atom. The molecule has 0 saturated carbocycles. The fraction of sp³-hybridized carbons (Fsp3) is 0.933. The standard InChI is InChI=1S/C15H28F3NO2/c1-4-5-6-7-8-9-10-12(13(19)15(16,17)18)14(20)21-11(2)3/h11-13H,4-10,19H2,1-3H3/t12-,13-/m0/s1. The van der Waals surface area contributed by atoms with Crippen molar-refractivity contribution in [2.45, 2.75) is 84.0 Å². The topological polar surface area (TPSA) is 52.3 Å². The van der Waals surface area contributed by atoms with E-state index >= 15 is 0 Å². The van der Waals surface area contributed by atoms with Gasteiger partial charge in [-0.3, -0.25) is 4.79 Å². The number of carbonyl (C=O) groups is 1.